The number of halogens is 1. The molecule has 1 heterocycles. The Morgan fingerprint density at radius 3 is 2.09 bits per heavy atom. The Bertz CT molecular complexity index is 709. The first-order valence-corrected chi connectivity index (χ1v) is 8.69. The molecule has 2 aromatic rings. The van der Waals surface area contributed by atoms with Crippen LogP contribution in [0.15, 0.2) is 34.9 Å². The molecule has 0 saturated carbocycles. The molecule has 3 heteroatoms. The maximum atomic E-state index is 5.76. The molecule has 0 aliphatic rings. The van der Waals surface area contributed by atoms with Crippen molar-refractivity contribution < 1.29 is 4.74 Å². The summed E-state index contributed by atoms with van der Waals surface area (Å²) in [6.45, 7) is 13.4. The summed E-state index contributed by atoms with van der Waals surface area (Å²) < 4.78 is 6.59. The van der Waals surface area contributed by atoms with Crippen LogP contribution in [0.25, 0.3) is 11.3 Å². The first-order valence-electron chi connectivity index (χ1n) is 7.90. The van der Waals surface area contributed by atoms with Gasteiger partial charge in [0.1, 0.15) is 10.4 Å². The van der Waals surface area contributed by atoms with Crippen LogP contribution in [-0.2, 0) is 10.8 Å². The van der Waals surface area contributed by atoms with Crippen molar-refractivity contribution in [2.24, 2.45) is 0 Å². The lowest BCUT2D eigenvalue weighted by atomic mass is 9.77. The maximum Gasteiger partial charge on any atom is 0.128 e. The van der Waals surface area contributed by atoms with Gasteiger partial charge in [-0.25, -0.2) is 4.98 Å². The summed E-state index contributed by atoms with van der Waals surface area (Å²) in [6.07, 6.45) is 0. The van der Waals surface area contributed by atoms with Gasteiger partial charge >= 0.3 is 0 Å². The quantitative estimate of drug-likeness (QED) is 0.590. The zero-order chi connectivity index (χ0) is 17.4. The van der Waals surface area contributed by atoms with E-state index in [1.54, 1.807) is 7.11 Å². The van der Waals surface area contributed by atoms with E-state index in [1.165, 1.54) is 11.1 Å². The van der Waals surface area contributed by atoms with E-state index < -0.39 is 0 Å². The minimum atomic E-state index is -0.00608. The van der Waals surface area contributed by atoms with Gasteiger partial charge in [0.05, 0.1) is 12.8 Å². The van der Waals surface area contributed by atoms with Crippen molar-refractivity contribution in [1.82, 2.24) is 4.98 Å². The summed E-state index contributed by atoms with van der Waals surface area (Å²) in [7, 11) is 1.73. The largest absolute Gasteiger partial charge is 0.496 e. The van der Waals surface area contributed by atoms with Crippen LogP contribution >= 0.6 is 15.9 Å². The van der Waals surface area contributed by atoms with Crippen molar-refractivity contribution in [3.63, 3.8) is 0 Å². The van der Waals surface area contributed by atoms with Crippen LogP contribution in [0.4, 0.5) is 0 Å². The molecule has 1 aromatic carbocycles. The van der Waals surface area contributed by atoms with E-state index in [0.717, 1.165) is 21.6 Å². The van der Waals surface area contributed by atoms with Gasteiger partial charge in [0.15, 0.2) is 0 Å². The van der Waals surface area contributed by atoms with Gasteiger partial charge < -0.3 is 4.74 Å². The highest BCUT2D eigenvalue weighted by atomic mass is 79.9. The third-order valence-corrected chi connectivity index (χ3v) is 4.41. The van der Waals surface area contributed by atoms with Gasteiger partial charge in [0, 0.05) is 5.56 Å². The molecule has 0 aliphatic carbocycles. The van der Waals surface area contributed by atoms with Crippen LogP contribution in [0.3, 0.4) is 0 Å². The summed E-state index contributed by atoms with van der Waals surface area (Å²) in [4.78, 5) is 4.65. The number of methoxy groups -OCH3 is 1. The van der Waals surface area contributed by atoms with Gasteiger partial charge in [-0.3, -0.25) is 0 Å². The molecule has 0 saturated heterocycles. The molecule has 0 amide bonds. The summed E-state index contributed by atoms with van der Waals surface area (Å²) in [5, 5.41) is 0. The van der Waals surface area contributed by atoms with Gasteiger partial charge in [-0.15, -0.1) is 0 Å². The summed E-state index contributed by atoms with van der Waals surface area (Å²) >= 11 is 3.48. The number of benzene rings is 1. The Labute approximate surface area is 148 Å². The number of rotatable bonds is 2. The molecular formula is C20H26BrNO. The van der Waals surface area contributed by atoms with Crippen molar-refractivity contribution in [3.8, 4) is 17.0 Å². The SMILES string of the molecule is COc1cc(C(C)(C)C)cc(C(C)(C)C)c1-c1cccc(Br)n1. The first-order chi connectivity index (χ1) is 10.5. The normalized spacial score (nSPS) is 12.3. The van der Waals surface area contributed by atoms with E-state index in [-0.39, 0.29) is 10.8 Å². The van der Waals surface area contributed by atoms with Crippen LogP contribution in [0.5, 0.6) is 5.75 Å². The molecule has 0 unspecified atom stereocenters. The van der Waals surface area contributed by atoms with Crippen molar-refractivity contribution in [2.75, 3.05) is 7.11 Å². The lowest BCUT2D eigenvalue weighted by molar-refractivity contribution is 0.412. The van der Waals surface area contributed by atoms with Crippen LogP contribution in [0.2, 0.25) is 0 Å². The van der Waals surface area contributed by atoms with Gasteiger partial charge in [0.2, 0.25) is 0 Å². The highest BCUT2D eigenvalue weighted by molar-refractivity contribution is 9.10. The second kappa shape index (κ2) is 6.27. The molecule has 2 nitrogen and oxygen atoms in total. The Kier molecular flexibility index (Phi) is 4.91. The highest BCUT2D eigenvalue weighted by Gasteiger charge is 2.26. The highest BCUT2D eigenvalue weighted by Crippen LogP contribution is 2.42. The molecule has 0 fully saturated rings. The van der Waals surface area contributed by atoms with E-state index in [1.807, 2.05) is 18.2 Å². The molecule has 2 rings (SSSR count). The van der Waals surface area contributed by atoms with Crippen LogP contribution in [-0.4, -0.2) is 12.1 Å². The summed E-state index contributed by atoms with van der Waals surface area (Å²) in [6, 6.07) is 10.4. The standard InChI is InChI=1S/C20H26BrNO/c1-19(2,3)13-11-14(20(4,5)6)18(16(12-13)23-7)15-9-8-10-17(21)22-15/h8-12H,1-7H3. The average molecular weight is 376 g/mol. The minimum Gasteiger partial charge on any atom is -0.496 e. The third kappa shape index (κ3) is 3.95. The molecule has 1 aromatic heterocycles. The lowest BCUT2D eigenvalue weighted by Crippen LogP contribution is -2.18. The zero-order valence-electron chi connectivity index (χ0n) is 15.1. The Morgan fingerprint density at radius 1 is 0.957 bits per heavy atom. The minimum absolute atomic E-state index is 0.00608. The van der Waals surface area contributed by atoms with Gasteiger partial charge in [0.25, 0.3) is 0 Å². The smallest absolute Gasteiger partial charge is 0.128 e. The number of pyridine rings is 1. The molecule has 124 valence electrons. The van der Waals surface area contributed by atoms with Crippen molar-refractivity contribution in [1.29, 1.82) is 0 Å². The average Bonchev–Trinajstić information content (AvgIpc) is 2.43. The van der Waals surface area contributed by atoms with Crippen molar-refractivity contribution in [2.45, 2.75) is 52.4 Å². The molecule has 0 N–H and O–H groups in total. The molecule has 0 spiro atoms. The molecule has 23 heavy (non-hydrogen) atoms. The third-order valence-electron chi connectivity index (χ3n) is 3.97. The number of ether oxygens (including phenoxy) is 1. The van der Waals surface area contributed by atoms with Crippen molar-refractivity contribution >= 4 is 15.9 Å². The monoisotopic (exact) mass is 375 g/mol. The van der Waals surface area contributed by atoms with Crippen molar-refractivity contribution in [3.05, 3.63) is 46.1 Å². The van der Waals surface area contributed by atoms with E-state index in [4.69, 9.17) is 4.74 Å². The topological polar surface area (TPSA) is 22.1 Å². The second-order valence-electron chi connectivity index (χ2n) is 7.95. The molecule has 0 aliphatic heterocycles. The Balaban J connectivity index is 2.84. The maximum absolute atomic E-state index is 5.76. The van der Waals surface area contributed by atoms with Crippen LogP contribution in [0.1, 0.15) is 52.7 Å². The fraction of sp³-hybridized carbons (Fsp3) is 0.450. The molecule has 0 radical (unpaired) electrons. The van der Waals surface area contributed by atoms with Gasteiger partial charge in [-0.1, -0.05) is 53.7 Å². The zero-order valence-corrected chi connectivity index (χ0v) is 16.7. The fourth-order valence-electron chi connectivity index (χ4n) is 2.61. The van der Waals surface area contributed by atoms with Gasteiger partial charge in [-0.05, 0) is 56.1 Å². The Morgan fingerprint density at radius 2 is 1.61 bits per heavy atom. The van der Waals surface area contributed by atoms with E-state index in [9.17, 15) is 0 Å². The van der Waals surface area contributed by atoms with E-state index >= 15 is 0 Å². The number of nitrogens with zero attached hydrogens (tertiary/aromatic N) is 1. The summed E-state index contributed by atoms with van der Waals surface area (Å²) in [5.41, 5.74) is 4.60. The number of aromatic nitrogens is 1. The predicted molar refractivity (Wildman–Crippen MR) is 101 cm³/mol. The first kappa shape index (κ1) is 18.0. The molecular weight excluding hydrogens is 350 g/mol. The number of hydrogen-bond donors (Lipinski definition) is 0. The predicted octanol–water partition coefficient (Wildman–Crippen LogP) is 6.11. The summed E-state index contributed by atoms with van der Waals surface area (Å²) in [5.74, 6) is 0.882. The van der Waals surface area contributed by atoms with Crippen LogP contribution in [0, 0.1) is 0 Å². The lowest BCUT2D eigenvalue weighted by Gasteiger charge is -2.29. The van der Waals surface area contributed by atoms with Gasteiger partial charge in [-0.2, -0.15) is 0 Å². The second-order valence-corrected chi connectivity index (χ2v) is 8.76. The number of hydrogen-bond acceptors (Lipinski definition) is 2. The molecule has 0 atom stereocenters. The Hall–Kier alpha value is -1.35. The fourth-order valence-corrected chi connectivity index (χ4v) is 2.96. The van der Waals surface area contributed by atoms with E-state index in [0.29, 0.717) is 0 Å². The molecule has 0 bridgehead atoms. The van der Waals surface area contributed by atoms with Crippen LogP contribution < -0.4 is 4.74 Å². The van der Waals surface area contributed by atoms with E-state index in [2.05, 4.69) is 74.6 Å².